The molecule has 0 N–H and O–H groups in total. The molecule has 96 valence electrons. The van der Waals surface area contributed by atoms with Crippen molar-refractivity contribution < 1.29 is 4.39 Å². The fraction of sp³-hybridized carbons (Fsp3) is 0.188. The molecule has 0 aliphatic heterocycles. The normalized spacial score (nSPS) is 10.0. The van der Waals surface area contributed by atoms with Gasteiger partial charge in [0.2, 0.25) is 0 Å². The molecule has 0 atom stereocenters. The minimum atomic E-state index is -0.335. The third-order valence-corrected chi connectivity index (χ3v) is 3.06. The van der Waals surface area contributed by atoms with Crippen LogP contribution in [0.15, 0.2) is 42.5 Å². The van der Waals surface area contributed by atoms with Gasteiger partial charge in [0.15, 0.2) is 0 Å². The summed E-state index contributed by atoms with van der Waals surface area (Å²) in [7, 11) is 1.92. The zero-order valence-electron chi connectivity index (χ0n) is 11.0. The molecule has 2 aromatic rings. The van der Waals surface area contributed by atoms with Crippen molar-refractivity contribution in [1.82, 2.24) is 0 Å². The fourth-order valence-corrected chi connectivity index (χ4v) is 1.89. The van der Waals surface area contributed by atoms with E-state index in [0.29, 0.717) is 17.7 Å². The Morgan fingerprint density at radius 1 is 1.16 bits per heavy atom. The molecule has 0 aliphatic carbocycles. The van der Waals surface area contributed by atoms with E-state index in [0.717, 1.165) is 5.69 Å². The Bertz CT molecular complexity index is 612. The van der Waals surface area contributed by atoms with Crippen LogP contribution >= 0.6 is 0 Å². The quantitative estimate of drug-likeness (QED) is 0.836. The van der Waals surface area contributed by atoms with Crippen molar-refractivity contribution in [2.75, 3.05) is 11.9 Å². The number of nitrogens with zero attached hydrogens (tertiary/aromatic N) is 2. The van der Waals surface area contributed by atoms with E-state index < -0.39 is 0 Å². The van der Waals surface area contributed by atoms with Gasteiger partial charge in [-0.1, -0.05) is 23.8 Å². The van der Waals surface area contributed by atoms with Gasteiger partial charge >= 0.3 is 0 Å². The molecule has 0 fully saturated rings. The molecule has 0 aromatic heterocycles. The zero-order valence-corrected chi connectivity index (χ0v) is 11.0. The summed E-state index contributed by atoms with van der Waals surface area (Å²) in [6, 6.07) is 14.6. The maximum absolute atomic E-state index is 13.8. The number of nitriles is 1. The number of anilines is 1. The van der Waals surface area contributed by atoms with Gasteiger partial charge in [0.05, 0.1) is 11.6 Å². The lowest BCUT2D eigenvalue weighted by Gasteiger charge is -2.20. The highest BCUT2D eigenvalue weighted by molar-refractivity contribution is 5.47. The Morgan fingerprint density at radius 3 is 2.42 bits per heavy atom. The summed E-state index contributed by atoms with van der Waals surface area (Å²) in [4.78, 5) is 1.98. The van der Waals surface area contributed by atoms with Crippen molar-refractivity contribution in [1.29, 1.82) is 5.26 Å². The first-order valence-electron chi connectivity index (χ1n) is 6.06. The van der Waals surface area contributed by atoms with Crippen molar-refractivity contribution in [2.24, 2.45) is 0 Å². The molecule has 0 amide bonds. The molecule has 0 radical (unpaired) electrons. The number of halogens is 1. The van der Waals surface area contributed by atoms with E-state index in [2.05, 4.69) is 0 Å². The van der Waals surface area contributed by atoms with E-state index in [-0.39, 0.29) is 5.82 Å². The first kappa shape index (κ1) is 13.1. The van der Waals surface area contributed by atoms with Gasteiger partial charge < -0.3 is 4.90 Å². The highest BCUT2D eigenvalue weighted by Gasteiger charge is 2.07. The summed E-state index contributed by atoms with van der Waals surface area (Å²) in [5.41, 5.74) is 3.16. The average molecular weight is 254 g/mol. The van der Waals surface area contributed by atoms with Crippen molar-refractivity contribution in [3.05, 3.63) is 65.0 Å². The molecule has 0 aliphatic rings. The van der Waals surface area contributed by atoms with Crippen LogP contribution in [0.1, 0.15) is 16.7 Å². The lowest BCUT2D eigenvalue weighted by molar-refractivity contribution is 0.607. The second-order valence-corrected chi connectivity index (χ2v) is 4.61. The van der Waals surface area contributed by atoms with Gasteiger partial charge in [0.1, 0.15) is 5.82 Å². The standard InChI is InChI=1S/C16H15FN2/c1-12-3-7-15(8-4-12)19(2)11-14-6-5-13(10-18)9-16(14)17/h3-9H,11H2,1-2H3. The van der Waals surface area contributed by atoms with Crippen molar-refractivity contribution in [2.45, 2.75) is 13.5 Å². The summed E-state index contributed by atoms with van der Waals surface area (Å²) >= 11 is 0. The summed E-state index contributed by atoms with van der Waals surface area (Å²) in [6.45, 7) is 2.50. The predicted octanol–water partition coefficient (Wildman–Crippen LogP) is 3.64. The Labute approximate surface area is 112 Å². The number of benzene rings is 2. The van der Waals surface area contributed by atoms with E-state index >= 15 is 0 Å². The van der Waals surface area contributed by atoms with Gasteiger partial charge in [-0.05, 0) is 31.2 Å². The topological polar surface area (TPSA) is 27.0 Å². The Kier molecular flexibility index (Phi) is 3.82. The zero-order chi connectivity index (χ0) is 13.8. The van der Waals surface area contributed by atoms with Crippen LogP contribution in [0, 0.1) is 24.1 Å². The van der Waals surface area contributed by atoms with Crippen molar-refractivity contribution in [3.8, 4) is 6.07 Å². The second kappa shape index (κ2) is 5.53. The SMILES string of the molecule is Cc1ccc(N(C)Cc2ccc(C#N)cc2F)cc1. The van der Waals surface area contributed by atoms with Crippen LogP contribution in [0.5, 0.6) is 0 Å². The van der Waals surface area contributed by atoms with Crippen LogP contribution in [0.4, 0.5) is 10.1 Å². The van der Waals surface area contributed by atoms with Gasteiger partial charge in [0.25, 0.3) is 0 Å². The van der Waals surface area contributed by atoms with E-state index in [1.54, 1.807) is 12.1 Å². The van der Waals surface area contributed by atoms with Crippen LogP contribution in [-0.2, 0) is 6.54 Å². The van der Waals surface area contributed by atoms with E-state index in [4.69, 9.17) is 5.26 Å². The van der Waals surface area contributed by atoms with E-state index in [1.807, 2.05) is 49.2 Å². The minimum absolute atomic E-state index is 0.335. The third-order valence-electron chi connectivity index (χ3n) is 3.06. The molecule has 2 rings (SSSR count). The Morgan fingerprint density at radius 2 is 1.84 bits per heavy atom. The smallest absolute Gasteiger partial charge is 0.129 e. The molecular weight excluding hydrogens is 239 g/mol. The fourth-order valence-electron chi connectivity index (χ4n) is 1.89. The molecule has 0 saturated heterocycles. The number of aryl methyl sites for hydroxylation is 1. The number of rotatable bonds is 3. The highest BCUT2D eigenvalue weighted by Crippen LogP contribution is 2.18. The molecule has 0 spiro atoms. The minimum Gasteiger partial charge on any atom is -0.370 e. The lowest BCUT2D eigenvalue weighted by atomic mass is 10.1. The second-order valence-electron chi connectivity index (χ2n) is 4.61. The van der Waals surface area contributed by atoms with Crippen LogP contribution in [0.2, 0.25) is 0 Å². The molecule has 19 heavy (non-hydrogen) atoms. The molecule has 0 saturated carbocycles. The van der Waals surface area contributed by atoms with Gasteiger partial charge in [-0.15, -0.1) is 0 Å². The molecule has 2 nitrogen and oxygen atoms in total. The van der Waals surface area contributed by atoms with Gasteiger partial charge in [0, 0.05) is 24.8 Å². The predicted molar refractivity (Wildman–Crippen MR) is 74.4 cm³/mol. The maximum atomic E-state index is 13.8. The molecule has 0 bridgehead atoms. The Hall–Kier alpha value is -2.34. The van der Waals surface area contributed by atoms with Crippen molar-refractivity contribution in [3.63, 3.8) is 0 Å². The van der Waals surface area contributed by atoms with Crippen LogP contribution in [-0.4, -0.2) is 7.05 Å². The van der Waals surface area contributed by atoms with Gasteiger partial charge in [-0.25, -0.2) is 4.39 Å². The van der Waals surface area contributed by atoms with Crippen molar-refractivity contribution >= 4 is 5.69 Å². The monoisotopic (exact) mass is 254 g/mol. The van der Waals surface area contributed by atoms with Gasteiger partial charge in [-0.2, -0.15) is 5.26 Å². The summed E-state index contributed by atoms with van der Waals surface area (Å²) < 4.78 is 13.8. The molecule has 0 unspecified atom stereocenters. The largest absolute Gasteiger partial charge is 0.370 e. The van der Waals surface area contributed by atoms with E-state index in [1.165, 1.54) is 11.6 Å². The molecule has 3 heteroatoms. The average Bonchev–Trinajstić information content (AvgIpc) is 2.41. The lowest BCUT2D eigenvalue weighted by Crippen LogP contribution is -2.17. The number of hydrogen-bond donors (Lipinski definition) is 0. The highest BCUT2D eigenvalue weighted by atomic mass is 19.1. The molecule has 0 heterocycles. The maximum Gasteiger partial charge on any atom is 0.129 e. The third kappa shape index (κ3) is 3.11. The first-order chi connectivity index (χ1) is 9.10. The van der Waals surface area contributed by atoms with Crippen LogP contribution in [0.3, 0.4) is 0 Å². The van der Waals surface area contributed by atoms with Crippen LogP contribution < -0.4 is 4.90 Å². The van der Waals surface area contributed by atoms with Gasteiger partial charge in [-0.3, -0.25) is 0 Å². The summed E-state index contributed by atoms with van der Waals surface area (Å²) in [5, 5.41) is 8.71. The Balaban J connectivity index is 2.17. The van der Waals surface area contributed by atoms with E-state index in [9.17, 15) is 4.39 Å². The summed E-state index contributed by atoms with van der Waals surface area (Å²) in [5.74, 6) is -0.335. The number of hydrogen-bond acceptors (Lipinski definition) is 2. The van der Waals surface area contributed by atoms with Crippen LogP contribution in [0.25, 0.3) is 0 Å². The molecular formula is C16H15FN2. The first-order valence-corrected chi connectivity index (χ1v) is 6.06. The summed E-state index contributed by atoms with van der Waals surface area (Å²) in [6.07, 6.45) is 0. The molecule has 2 aromatic carbocycles.